The predicted molar refractivity (Wildman–Crippen MR) is 168 cm³/mol. The molecule has 43 heavy (non-hydrogen) atoms. The first-order valence-corrected chi connectivity index (χ1v) is 15.8. The van der Waals surface area contributed by atoms with Gasteiger partial charge in [0.05, 0.1) is 23.7 Å². The zero-order valence-corrected chi connectivity index (χ0v) is 25.8. The van der Waals surface area contributed by atoms with Gasteiger partial charge in [-0.2, -0.15) is 0 Å². The number of nitrogens with zero attached hydrogens (tertiary/aromatic N) is 2. The smallest absolute Gasteiger partial charge is 0.337 e. The molecule has 1 spiro atoms. The largest absolute Gasteiger partial charge is 0.487 e. The summed E-state index contributed by atoms with van der Waals surface area (Å²) in [5.41, 5.74) is 3.18. The Balaban J connectivity index is 1.33. The maximum absolute atomic E-state index is 14.5. The number of amides is 1. The zero-order valence-electron chi connectivity index (χ0n) is 25.1. The minimum Gasteiger partial charge on any atom is -0.487 e. The minimum atomic E-state index is -0.596. The summed E-state index contributed by atoms with van der Waals surface area (Å²) in [4.78, 5) is 34.0. The van der Waals surface area contributed by atoms with E-state index in [4.69, 9.17) is 26.1 Å². The summed E-state index contributed by atoms with van der Waals surface area (Å²) in [6, 6.07) is 22.9. The number of hydrogen-bond donors (Lipinski definition) is 0. The number of hydrogen-bond acceptors (Lipinski definition) is 5. The van der Waals surface area contributed by atoms with Gasteiger partial charge in [-0.25, -0.2) is 4.79 Å². The summed E-state index contributed by atoms with van der Waals surface area (Å²) >= 11 is 6.72. The van der Waals surface area contributed by atoms with Crippen LogP contribution in [0.5, 0.6) is 5.75 Å². The third kappa shape index (κ3) is 5.95. The fraction of sp³-hybridized carbons (Fsp3) is 0.417. The molecule has 1 heterocycles. The van der Waals surface area contributed by atoms with E-state index in [-0.39, 0.29) is 17.9 Å². The molecule has 0 bridgehead atoms. The van der Waals surface area contributed by atoms with Gasteiger partial charge in [0.1, 0.15) is 23.7 Å². The molecule has 3 aliphatic rings. The van der Waals surface area contributed by atoms with Gasteiger partial charge >= 0.3 is 5.97 Å². The zero-order chi connectivity index (χ0) is 30.1. The molecule has 7 heteroatoms. The number of esters is 1. The topological polar surface area (TPSA) is 68.2 Å². The van der Waals surface area contributed by atoms with E-state index in [0.717, 1.165) is 49.7 Å². The highest BCUT2D eigenvalue weighted by Gasteiger charge is 2.54. The first-order valence-electron chi connectivity index (χ1n) is 15.4. The Kier molecular flexibility index (Phi) is 8.32. The molecule has 6 nitrogen and oxygen atoms in total. The highest BCUT2D eigenvalue weighted by atomic mass is 35.5. The number of halogens is 1. The van der Waals surface area contributed by atoms with Crippen LogP contribution in [0.15, 0.2) is 77.8 Å². The fourth-order valence-corrected chi connectivity index (χ4v) is 7.02. The molecule has 2 saturated carbocycles. The lowest BCUT2D eigenvalue weighted by atomic mass is 9.76. The average Bonchev–Trinajstić information content (AvgIpc) is 3.83. The lowest BCUT2D eigenvalue weighted by Gasteiger charge is -2.46. The molecule has 1 aliphatic heterocycles. The van der Waals surface area contributed by atoms with E-state index in [0.29, 0.717) is 52.0 Å². The summed E-state index contributed by atoms with van der Waals surface area (Å²) in [6.45, 7) is 4.98. The van der Waals surface area contributed by atoms with Crippen molar-refractivity contribution in [2.45, 2.75) is 70.7 Å². The molecule has 3 aromatic carbocycles. The Bertz CT molecular complexity index is 1510. The van der Waals surface area contributed by atoms with E-state index in [2.05, 4.69) is 18.7 Å². The molecule has 3 aromatic rings. The van der Waals surface area contributed by atoms with Crippen LogP contribution in [-0.4, -0.2) is 35.3 Å². The molecule has 0 aromatic heterocycles. The number of benzene rings is 3. The monoisotopic (exact) mass is 598 g/mol. The van der Waals surface area contributed by atoms with Gasteiger partial charge in [0, 0.05) is 5.56 Å². The van der Waals surface area contributed by atoms with Crippen molar-refractivity contribution in [1.29, 1.82) is 0 Å². The second-order valence-corrected chi connectivity index (χ2v) is 12.9. The predicted octanol–water partition coefficient (Wildman–Crippen LogP) is 8.03. The van der Waals surface area contributed by atoms with E-state index in [1.165, 1.54) is 7.11 Å². The van der Waals surface area contributed by atoms with Gasteiger partial charge in [0.25, 0.3) is 5.91 Å². The van der Waals surface area contributed by atoms with Crippen molar-refractivity contribution >= 4 is 29.2 Å². The third-order valence-corrected chi connectivity index (χ3v) is 9.72. The van der Waals surface area contributed by atoms with Crippen molar-refractivity contribution in [3.63, 3.8) is 0 Å². The Labute approximate surface area is 259 Å². The standard InChI is InChI=1S/C36H39ClN2O4/c1-23(2)25-17-19-36(20-18-25)38-32(29-15-16-31(30(37)21-29)43-22-24-7-5-4-6-8-24)34(40)39(36)33(26-9-10-26)27-11-13-28(14-12-27)35(41)42-3/h4-8,11-16,21,23,25-26,33H,9-10,17-20,22H2,1-3H3/t25?,33-,36?/m1/s1. The summed E-state index contributed by atoms with van der Waals surface area (Å²) in [5.74, 6) is 1.74. The molecule has 0 unspecified atom stereocenters. The van der Waals surface area contributed by atoms with E-state index in [1.54, 1.807) is 12.1 Å². The van der Waals surface area contributed by atoms with E-state index >= 15 is 0 Å². The third-order valence-electron chi connectivity index (χ3n) is 9.43. The first-order chi connectivity index (χ1) is 20.8. The minimum absolute atomic E-state index is 0.0500. The van der Waals surface area contributed by atoms with E-state index < -0.39 is 5.66 Å². The van der Waals surface area contributed by atoms with E-state index in [9.17, 15) is 9.59 Å². The molecule has 0 radical (unpaired) electrons. The lowest BCUT2D eigenvalue weighted by molar-refractivity contribution is -0.134. The summed E-state index contributed by atoms with van der Waals surface area (Å²) in [7, 11) is 1.39. The molecule has 2 aliphatic carbocycles. The van der Waals surface area contributed by atoms with Crippen LogP contribution < -0.4 is 4.74 Å². The van der Waals surface area contributed by atoms with Gasteiger partial charge in [0.15, 0.2) is 0 Å². The fourth-order valence-electron chi connectivity index (χ4n) is 6.79. The van der Waals surface area contributed by atoms with Crippen LogP contribution >= 0.6 is 11.6 Å². The molecular formula is C36H39ClN2O4. The summed E-state index contributed by atoms with van der Waals surface area (Å²) < 4.78 is 10.9. The van der Waals surface area contributed by atoms with Crippen molar-refractivity contribution < 1.29 is 19.1 Å². The molecular weight excluding hydrogens is 560 g/mol. The highest BCUT2D eigenvalue weighted by Crippen LogP contribution is 2.53. The molecule has 224 valence electrons. The number of carbonyl (C=O) groups is 2. The molecule has 1 amide bonds. The van der Waals surface area contributed by atoms with Crippen LogP contribution in [0.1, 0.15) is 85.5 Å². The van der Waals surface area contributed by atoms with Crippen LogP contribution in [0.4, 0.5) is 0 Å². The number of ether oxygens (including phenoxy) is 2. The van der Waals surface area contributed by atoms with Crippen molar-refractivity contribution in [2.24, 2.45) is 22.7 Å². The molecule has 1 atom stereocenters. The number of rotatable bonds is 9. The first kappa shape index (κ1) is 29.4. The number of methoxy groups -OCH3 is 1. The molecule has 0 saturated heterocycles. The second kappa shape index (κ2) is 12.2. The van der Waals surface area contributed by atoms with Crippen LogP contribution in [0.2, 0.25) is 5.02 Å². The molecule has 6 rings (SSSR count). The van der Waals surface area contributed by atoms with Crippen molar-refractivity contribution in [1.82, 2.24) is 4.90 Å². The maximum atomic E-state index is 14.5. The van der Waals surface area contributed by atoms with Crippen LogP contribution in [0.3, 0.4) is 0 Å². The maximum Gasteiger partial charge on any atom is 0.337 e. The van der Waals surface area contributed by atoms with Gasteiger partial charge < -0.3 is 14.4 Å². The van der Waals surface area contributed by atoms with Crippen LogP contribution in [0.25, 0.3) is 0 Å². The molecule has 2 fully saturated rings. The Hall–Kier alpha value is -3.64. The van der Waals surface area contributed by atoms with Gasteiger partial charge in [-0.15, -0.1) is 0 Å². The van der Waals surface area contributed by atoms with Gasteiger partial charge in [-0.3, -0.25) is 9.79 Å². The normalized spacial score (nSPS) is 22.5. The van der Waals surface area contributed by atoms with Crippen molar-refractivity contribution in [3.05, 3.63) is 100 Å². The Morgan fingerprint density at radius 2 is 1.67 bits per heavy atom. The Morgan fingerprint density at radius 1 is 0.977 bits per heavy atom. The summed E-state index contributed by atoms with van der Waals surface area (Å²) in [6.07, 6.45) is 5.86. The highest BCUT2D eigenvalue weighted by molar-refractivity contribution is 6.47. The van der Waals surface area contributed by atoms with E-state index in [1.807, 2.05) is 60.7 Å². The lowest BCUT2D eigenvalue weighted by Crippen LogP contribution is -2.51. The van der Waals surface area contributed by atoms with Crippen LogP contribution in [-0.2, 0) is 16.1 Å². The van der Waals surface area contributed by atoms with Gasteiger partial charge in [-0.1, -0.05) is 67.9 Å². The second-order valence-electron chi connectivity index (χ2n) is 12.5. The Morgan fingerprint density at radius 3 is 2.28 bits per heavy atom. The van der Waals surface area contributed by atoms with Crippen LogP contribution in [0, 0.1) is 17.8 Å². The average molecular weight is 599 g/mol. The van der Waals surface area contributed by atoms with Gasteiger partial charge in [-0.05, 0) is 97.7 Å². The SMILES string of the molecule is COC(=O)c1ccc([C@@H](C2CC2)N2C(=O)C(c3ccc(OCc4ccccc4)c(Cl)c3)=NC23CCC(C(C)C)CC3)cc1. The van der Waals surface area contributed by atoms with Gasteiger partial charge in [0.2, 0.25) is 0 Å². The number of carbonyl (C=O) groups excluding carboxylic acids is 2. The number of aliphatic imine (C=N–C) groups is 1. The quantitative estimate of drug-likeness (QED) is 0.234. The summed E-state index contributed by atoms with van der Waals surface area (Å²) in [5, 5.41) is 0.456. The molecule has 0 N–H and O–H groups in total. The van der Waals surface area contributed by atoms with Crippen molar-refractivity contribution in [3.8, 4) is 5.75 Å². The van der Waals surface area contributed by atoms with Crippen molar-refractivity contribution in [2.75, 3.05) is 7.11 Å².